The van der Waals surface area contributed by atoms with E-state index in [1.807, 2.05) is 18.2 Å². The topological polar surface area (TPSA) is 66.7 Å². The molecule has 5 rings (SSSR count). The number of amides is 1. The van der Waals surface area contributed by atoms with E-state index >= 15 is 0 Å². The molecule has 1 amide bonds. The van der Waals surface area contributed by atoms with Gasteiger partial charge in [0.25, 0.3) is 5.69 Å². The maximum absolute atomic E-state index is 13.1. The third-order valence-corrected chi connectivity index (χ3v) is 5.63. The lowest BCUT2D eigenvalue weighted by atomic mass is 9.93. The Balaban J connectivity index is 1.65. The Labute approximate surface area is 162 Å². The number of carbonyl (C=O) groups is 1. The Hall–Kier alpha value is -2.44. The number of nitro benzene ring substituents is 1. The molecule has 2 atom stereocenters. The zero-order valence-corrected chi connectivity index (χ0v) is 15.5. The lowest BCUT2D eigenvalue weighted by molar-refractivity contribution is -0.384. The van der Waals surface area contributed by atoms with Gasteiger partial charge in [0.2, 0.25) is 5.91 Å². The van der Waals surface area contributed by atoms with Gasteiger partial charge in [-0.05, 0) is 30.5 Å². The van der Waals surface area contributed by atoms with Gasteiger partial charge < -0.3 is 4.90 Å². The molecule has 0 N–H and O–H groups in total. The van der Waals surface area contributed by atoms with Crippen LogP contribution in [0.2, 0.25) is 5.02 Å². The number of benzene rings is 2. The number of hydrogen-bond acceptors (Lipinski definition) is 4. The summed E-state index contributed by atoms with van der Waals surface area (Å²) < 4.78 is 0. The lowest BCUT2D eigenvalue weighted by Crippen LogP contribution is -2.48. The van der Waals surface area contributed by atoms with E-state index in [0.717, 1.165) is 19.4 Å². The summed E-state index contributed by atoms with van der Waals surface area (Å²) in [5.41, 5.74) is 1.44. The summed E-state index contributed by atoms with van der Waals surface area (Å²) in [5, 5.41) is 11.8. The molecule has 3 saturated heterocycles. The molecule has 0 aromatic heterocycles. The van der Waals surface area contributed by atoms with E-state index in [0.29, 0.717) is 23.8 Å². The van der Waals surface area contributed by atoms with Crippen LogP contribution in [0.15, 0.2) is 48.5 Å². The van der Waals surface area contributed by atoms with Crippen molar-refractivity contribution in [1.82, 2.24) is 4.90 Å². The number of carbonyl (C=O) groups excluding carboxylic acids is 1. The van der Waals surface area contributed by atoms with Gasteiger partial charge in [0, 0.05) is 36.8 Å². The number of rotatable bonds is 4. The summed E-state index contributed by atoms with van der Waals surface area (Å²) in [4.78, 5) is 28.1. The first kappa shape index (κ1) is 17.9. The maximum atomic E-state index is 13.1. The van der Waals surface area contributed by atoms with Crippen molar-refractivity contribution in [2.24, 2.45) is 5.92 Å². The predicted molar refractivity (Wildman–Crippen MR) is 104 cm³/mol. The van der Waals surface area contributed by atoms with Crippen molar-refractivity contribution in [2.45, 2.75) is 25.4 Å². The highest BCUT2D eigenvalue weighted by Gasteiger charge is 2.43. The second kappa shape index (κ2) is 7.29. The van der Waals surface area contributed by atoms with E-state index in [1.165, 1.54) is 11.6 Å². The van der Waals surface area contributed by atoms with Crippen molar-refractivity contribution in [2.75, 3.05) is 18.0 Å². The predicted octanol–water partition coefficient (Wildman–Crippen LogP) is 3.88. The number of fused-ring (bicyclic) bond motifs is 4. The molecule has 2 aromatic carbocycles. The third kappa shape index (κ3) is 3.55. The first-order chi connectivity index (χ1) is 13.0. The Kier molecular flexibility index (Phi) is 4.85. The van der Waals surface area contributed by atoms with Crippen LogP contribution in [0.25, 0.3) is 0 Å². The van der Waals surface area contributed by atoms with Crippen molar-refractivity contribution in [3.63, 3.8) is 0 Å². The fourth-order valence-electron chi connectivity index (χ4n) is 4.18. The Morgan fingerprint density at radius 2 is 1.89 bits per heavy atom. The zero-order valence-electron chi connectivity index (χ0n) is 14.8. The molecule has 27 heavy (non-hydrogen) atoms. The van der Waals surface area contributed by atoms with Crippen molar-refractivity contribution < 1.29 is 9.72 Å². The van der Waals surface area contributed by atoms with Crippen molar-refractivity contribution in [1.29, 1.82) is 0 Å². The van der Waals surface area contributed by atoms with Gasteiger partial charge in [-0.15, -0.1) is 0 Å². The molecule has 2 bridgehead atoms. The molecule has 6 nitrogen and oxygen atoms in total. The molecule has 0 saturated carbocycles. The average molecular weight is 386 g/mol. The number of halogens is 1. The lowest BCUT2D eigenvalue weighted by Gasteiger charge is -2.35. The van der Waals surface area contributed by atoms with E-state index in [2.05, 4.69) is 17.0 Å². The first-order valence-electron chi connectivity index (χ1n) is 9.06. The summed E-state index contributed by atoms with van der Waals surface area (Å²) in [6.45, 7) is 2.16. The number of anilines is 1. The molecule has 3 heterocycles. The first-order valence-corrected chi connectivity index (χ1v) is 9.44. The van der Waals surface area contributed by atoms with Crippen LogP contribution in [0.4, 0.5) is 11.4 Å². The second-order valence-corrected chi connectivity index (χ2v) is 7.64. The maximum Gasteiger partial charge on any atom is 0.294 e. The molecule has 2 aromatic rings. The second-order valence-electron chi connectivity index (χ2n) is 7.21. The van der Waals surface area contributed by atoms with Gasteiger partial charge in [0.1, 0.15) is 5.69 Å². The summed E-state index contributed by atoms with van der Waals surface area (Å²) in [7, 11) is 0. The molecule has 140 valence electrons. The zero-order chi connectivity index (χ0) is 19.0. The summed E-state index contributed by atoms with van der Waals surface area (Å²) in [6.07, 6.45) is 1.67. The van der Waals surface area contributed by atoms with Gasteiger partial charge in [-0.2, -0.15) is 0 Å². The van der Waals surface area contributed by atoms with Crippen molar-refractivity contribution >= 4 is 28.9 Å². The molecule has 0 aliphatic carbocycles. The molecular weight excluding hydrogens is 366 g/mol. The van der Waals surface area contributed by atoms with Crippen LogP contribution in [0, 0.1) is 16.0 Å². The minimum Gasteiger partial charge on any atom is -0.302 e. The van der Waals surface area contributed by atoms with Gasteiger partial charge in [-0.25, -0.2) is 0 Å². The highest BCUT2D eigenvalue weighted by atomic mass is 35.5. The monoisotopic (exact) mass is 385 g/mol. The molecular formula is C20H20ClN3O3. The Morgan fingerprint density at radius 1 is 1.11 bits per heavy atom. The fourth-order valence-corrected chi connectivity index (χ4v) is 4.35. The van der Waals surface area contributed by atoms with E-state index < -0.39 is 4.92 Å². The molecule has 3 aliphatic heterocycles. The van der Waals surface area contributed by atoms with Gasteiger partial charge in [0.15, 0.2) is 0 Å². The smallest absolute Gasteiger partial charge is 0.294 e. The minimum atomic E-state index is -0.463. The summed E-state index contributed by atoms with van der Waals surface area (Å²) in [6, 6.07) is 14.6. The molecule has 2 unspecified atom stereocenters. The standard InChI is InChI=1S/C20H20ClN3O3/c21-16-7-9-18(19(10-16)24(26)27)23-17-8-6-15(20(23)25)12-22(13-17)11-14-4-2-1-3-5-14/h1-5,7,9-10,15,17H,6,8,11-13H2. The molecule has 3 fully saturated rings. The Bertz CT molecular complexity index is 874. The van der Waals surface area contributed by atoms with Gasteiger partial charge in [0.05, 0.1) is 10.8 Å². The Morgan fingerprint density at radius 3 is 2.63 bits per heavy atom. The van der Waals surface area contributed by atoms with Crippen LogP contribution < -0.4 is 4.90 Å². The van der Waals surface area contributed by atoms with Crippen LogP contribution in [0.3, 0.4) is 0 Å². The van der Waals surface area contributed by atoms with E-state index in [-0.39, 0.29) is 23.6 Å². The SMILES string of the molecule is O=C1C2CCC(CN(Cc3ccccc3)C2)N1c1ccc(Cl)cc1[N+](=O)[O-]. The van der Waals surface area contributed by atoms with Crippen molar-refractivity contribution in [3.05, 3.63) is 69.2 Å². The van der Waals surface area contributed by atoms with Crippen LogP contribution in [-0.4, -0.2) is 34.9 Å². The van der Waals surface area contributed by atoms with Gasteiger partial charge in [-0.3, -0.25) is 19.8 Å². The third-order valence-electron chi connectivity index (χ3n) is 5.39. The van der Waals surface area contributed by atoms with Crippen molar-refractivity contribution in [3.8, 4) is 0 Å². The number of piperidine rings is 1. The molecule has 7 heteroatoms. The largest absolute Gasteiger partial charge is 0.302 e. The van der Waals surface area contributed by atoms with Crippen LogP contribution in [0.1, 0.15) is 18.4 Å². The highest BCUT2D eigenvalue weighted by Crippen LogP contribution is 2.39. The molecule has 3 aliphatic rings. The molecule has 0 spiro atoms. The van der Waals surface area contributed by atoms with E-state index in [4.69, 9.17) is 11.6 Å². The van der Waals surface area contributed by atoms with Crippen LogP contribution in [0.5, 0.6) is 0 Å². The molecule has 0 radical (unpaired) electrons. The fraction of sp³-hybridized carbons (Fsp3) is 0.350. The van der Waals surface area contributed by atoms with Gasteiger partial charge >= 0.3 is 0 Å². The van der Waals surface area contributed by atoms with E-state index in [1.54, 1.807) is 17.0 Å². The van der Waals surface area contributed by atoms with Crippen LogP contribution >= 0.6 is 11.6 Å². The highest BCUT2D eigenvalue weighted by molar-refractivity contribution is 6.31. The quantitative estimate of drug-likeness (QED) is 0.591. The number of hydrogen-bond donors (Lipinski definition) is 0. The average Bonchev–Trinajstić information content (AvgIpc) is 2.92. The van der Waals surface area contributed by atoms with Crippen LogP contribution in [-0.2, 0) is 11.3 Å². The minimum absolute atomic E-state index is 0.0211. The summed E-state index contributed by atoms with van der Waals surface area (Å²) in [5.74, 6) is -0.157. The summed E-state index contributed by atoms with van der Waals surface area (Å²) >= 11 is 5.94. The van der Waals surface area contributed by atoms with E-state index in [9.17, 15) is 14.9 Å². The normalized spacial score (nSPS) is 22.7. The number of nitrogens with zero attached hydrogens (tertiary/aromatic N) is 3. The number of nitro groups is 1. The van der Waals surface area contributed by atoms with Gasteiger partial charge in [-0.1, -0.05) is 41.9 Å².